The molecule has 2 fully saturated rings. The molecule has 0 bridgehead atoms. The number of carbonyl (C=O) groups excluding carboxylic acids is 2. The average molecular weight is 410 g/mol. The number of nitrogens with one attached hydrogen (secondary N) is 1. The maximum Gasteiger partial charge on any atom is 0.320 e. The second-order valence-corrected chi connectivity index (χ2v) is 7.33. The van der Waals surface area contributed by atoms with Crippen LogP contribution < -0.4 is 5.32 Å². The molecule has 154 valence electrons. The number of anilines is 1. The molecule has 0 aliphatic carbocycles. The van der Waals surface area contributed by atoms with E-state index in [0.717, 1.165) is 18.5 Å². The summed E-state index contributed by atoms with van der Waals surface area (Å²) < 4.78 is 0. The van der Waals surface area contributed by atoms with Crippen LogP contribution in [0.2, 0.25) is 0 Å². The number of amides is 2. The monoisotopic (exact) mass is 409 g/mol. The minimum atomic E-state index is -0.848. The molecule has 2 aliphatic heterocycles. The maximum absolute atomic E-state index is 12.6. The molecule has 2 heterocycles. The molecule has 0 aromatic heterocycles. The van der Waals surface area contributed by atoms with Crippen molar-refractivity contribution in [1.29, 1.82) is 0 Å². The van der Waals surface area contributed by atoms with Crippen molar-refractivity contribution in [3.05, 3.63) is 30.3 Å². The van der Waals surface area contributed by atoms with Gasteiger partial charge >= 0.3 is 5.97 Å². The van der Waals surface area contributed by atoms with Gasteiger partial charge in [0, 0.05) is 24.7 Å². The van der Waals surface area contributed by atoms with Crippen LogP contribution in [0.4, 0.5) is 5.69 Å². The maximum atomic E-state index is 12.6. The SMILES string of the molecule is Cl.O=C(Nc1ccccc1)C1CCN(C(=O)CN2CCCCC2C(=O)O)CC1. The Balaban J connectivity index is 0.00000280. The van der Waals surface area contributed by atoms with Crippen molar-refractivity contribution in [2.24, 2.45) is 5.92 Å². The summed E-state index contributed by atoms with van der Waals surface area (Å²) in [5.41, 5.74) is 0.783. The van der Waals surface area contributed by atoms with E-state index in [0.29, 0.717) is 38.9 Å². The van der Waals surface area contributed by atoms with E-state index in [4.69, 9.17) is 0 Å². The zero-order valence-electron chi connectivity index (χ0n) is 15.9. The van der Waals surface area contributed by atoms with E-state index in [1.54, 1.807) is 9.80 Å². The summed E-state index contributed by atoms with van der Waals surface area (Å²) in [4.78, 5) is 39.9. The van der Waals surface area contributed by atoms with Crippen LogP contribution in [-0.4, -0.2) is 64.9 Å². The zero-order valence-corrected chi connectivity index (χ0v) is 16.7. The topological polar surface area (TPSA) is 90.0 Å². The summed E-state index contributed by atoms with van der Waals surface area (Å²) in [6, 6.07) is 8.81. The van der Waals surface area contributed by atoms with Crippen molar-refractivity contribution in [1.82, 2.24) is 9.80 Å². The van der Waals surface area contributed by atoms with Crippen LogP contribution in [0.25, 0.3) is 0 Å². The van der Waals surface area contributed by atoms with Crippen LogP contribution in [0.5, 0.6) is 0 Å². The van der Waals surface area contributed by atoms with Crippen molar-refractivity contribution < 1.29 is 19.5 Å². The fraction of sp³-hybridized carbons (Fsp3) is 0.550. The number of hydrogen-bond acceptors (Lipinski definition) is 4. The Hall–Kier alpha value is -2.12. The van der Waals surface area contributed by atoms with Gasteiger partial charge < -0.3 is 15.3 Å². The summed E-state index contributed by atoms with van der Waals surface area (Å²) in [6.07, 6.45) is 3.69. The molecule has 2 N–H and O–H groups in total. The molecular formula is C20H28ClN3O4. The van der Waals surface area contributed by atoms with Gasteiger partial charge in [-0.05, 0) is 44.4 Å². The molecule has 2 aliphatic rings. The number of carboxylic acids is 1. The van der Waals surface area contributed by atoms with E-state index in [2.05, 4.69) is 5.32 Å². The first-order valence-electron chi connectivity index (χ1n) is 9.65. The minimum Gasteiger partial charge on any atom is -0.480 e. The number of rotatable bonds is 5. The molecule has 3 rings (SSSR count). The van der Waals surface area contributed by atoms with Crippen molar-refractivity contribution in [3.8, 4) is 0 Å². The second kappa shape index (κ2) is 10.4. The fourth-order valence-corrected chi connectivity index (χ4v) is 3.89. The van der Waals surface area contributed by atoms with Crippen LogP contribution in [0.15, 0.2) is 30.3 Å². The summed E-state index contributed by atoms with van der Waals surface area (Å²) >= 11 is 0. The Morgan fingerprint density at radius 1 is 1.00 bits per heavy atom. The van der Waals surface area contributed by atoms with Gasteiger partial charge in [-0.2, -0.15) is 0 Å². The lowest BCUT2D eigenvalue weighted by molar-refractivity contribution is -0.146. The zero-order chi connectivity index (χ0) is 19.2. The number of para-hydroxylation sites is 1. The number of nitrogens with zero attached hydrogens (tertiary/aromatic N) is 2. The highest BCUT2D eigenvalue weighted by Gasteiger charge is 2.32. The number of carbonyl (C=O) groups is 3. The van der Waals surface area contributed by atoms with Gasteiger partial charge in [0.1, 0.15) is 6.04 Å². The van der Waals surface area contributed by atoms with Gasteiger partial charge in [0.05, 0.1) is 6.54 Å². The van der Waals surface area contributed by atoms with Crippen molar-refractivity contribution in [2.45, 2.75) is 38.1 Å². The van der Waals surface area contributed by atoms with Gasteiger partial charge in [0.2, 0.25) is 11.8 Å². The van der Waals surface area contributed by atoms with Crippen LogP contribution >= 0.6 is 12.4 Å². The molecule has 0 saturated carbocycles. The molecule has 8 heteroatoms. The van der Waals surface area contributed by atoms with Crippen LogP contribution in [-0.2, 0) is 14.4 Å². The summed E-state index contributed by atoms with van der Waals surface area (Å²) in [5.74, 6) is -0.991. The molecule has 0 spiro atoms. The van der Waals surface area contributed by atoms with Gasteiger partial charge in [-0.15, -0.1) is 12.4 Å². The smallest absolute Gasteiger partial charge is 0.320 e. The van der Waals surface area contributed by atoms with Crippen LogP contribution in [0.3, 0.4) is 0 Å². The Labute approximate surface area is 171 Å². The van der Waals surface area contributed by atoms with Crippen molar-refractivity contribution in [2.75, 3.05) is 31.5 Å². The van der Waals surface area contributed by atoms with Gasteiger partial charge in [-0.3, -0.25) is 19.3 Å². The number of carboxylic acid groups (broad SMARTS) is 1. The van der Waals surface area contributed by atoms with E-state index >= 15 is 0 Å². The van der Waals surface area contributed by atoms with Crippen LogP contribution in [0.1, 0.15) is 32.1 Å². The van der Waals surface area contributed by atoms with E-state index in [1.165, 1.54) is 0 Å². The molecule has 1 aromatic rings. The first-order valence-corrected chi connectivity index (χ1v) is 9.65. The second-order valence-electron chi connectivity index (χ2n) is 7.33. The average Bonchev–Trinajstić information content (AvgIpc) is 2.69. The first-order chi connectivity index (χ1) is 13.0. The van der Waals surface area contributed by atoms with Gasteiger partial charge in [0.25, 0.3) is 0 Å². The highest BCUT2D eigenvalue weighted by Crippen LogP contribution is 2.21. The lowest BCUT2D eigenvalue weighted by Gasteiger charge is -2.36. The van der Waals surface area contributed by atoms with E-state index in [1.807, 2.05) is 30.3 Å². The normalized spacial score (nSPS) is 20.9. The third-order valence-corrected chi connectivity index (χ3v) is 5.50. The Morgan fingerprint density at radius 3 is 2.32 bits per heavy atom. The number of hydrogen-bond donors (Lipinski definition) is 2. The van der Waals surface area contributed by atoms with Gasteiger partial charge in [0.15, 0.2) is 0 Å². The number of benzene rings is 1. The number of likely N-dealkylation sites (tertiary alicyclic amines) is 2. The number of halogens is 1. The fourth-order valence-electron chi connectivity index (χ4n) is 3.89. The lowest BCUT2D eigenvalue weighted by atomic mass is 9.95. The lowest BCUT2D eigenvalue weighted by Crippen LogP contribution is -2.51. The molecule has 2 saturated heterocycles. The van der Waals surface area contributed by atoms with Crippen LogP contribution in [0, 0.1) is 5.92 Å². The van der Waals surface area contributed by atoms with Gasteiger partial charge in [-0.1, -0.05) is 24.6 Å². The number of aliphatic carboxylic acids is 1. The summed E-state index contributed by atoms with van der Waals surface area (Å²) in [7, 11) is 0. The third-order valence-electron chi connectivity index (χ3n) is 5.50. The summed E-state index contributed by atoms with van der Waals surface area (Å²) in [6.45, 7) is 1.88. The Morgan fingerprint density at radius 2 is 1.68 bits per heavy atom. The molecule has 7 nitrogen and oxygen atoms in total. The molecule has 1 atom stereocenters. The Kier molecular flexibility index (Phi) is 8.26. The van der Waals surface area contributed by atoms with E-state index in [9.17, 15) is 19.5 Å². The highest BCUT2D eigenvalue weighted by molar-refractivity contribution is 5.92. The van der Waals surface area contributed by atoms with Gasteiger partial charge in [-0.25, -0.2) is 0 Å². The highest BCUT2D eigenvalue weighted by atomic mass is 35.5. The molecule has 2 amide bonds. The first kappa shape index (κ1) is 22.2. The number of piperidine rings is 2. The Bertz CT molecular complexity index is 677. The third kappa shape index (κ3) is 5.69. The molecule has 0 radical (unpaired) electrons. The predicted octanol–water partition coefficient (Wildman–Crippen LogP) is 2.22. The molecule has 1 aromatic carbocycles. The van der Waals surface area contributed by atoms with E-state index < -0.39 is 12.0 Å². The molecule has 28 heavy (non-hydrogen) atoms. The molecular weight excluding hydrogens is 382 g/mol. The summed E-state index contributed by atoms with van der Waals surface area (Å²) in [5, 5.41) is 12.3. The van der Waals surface area contributed by atoms with Crippen molar-refractivity contribution >= 4 is 35.9 Å². The quantitative estimate of drug-likeness (QED) is 0.778. The minimum absolute atomic E-state index is 0. The standard InChI is InChI=1S/C20H27N3O4.ClH/c24-18(14-23-11-5-4-8-17(23)20(26)27)22-12-9-15(10-13-22)19(25)21-16-6-2-1-3-7-16;/h1-3,6-7,15,17H,4-5,8-14H2,(H,21,25)(H,26,27);1H. The predicted molar refractivity (Wildman–Crippen MR) is 108 cm³/mol. The van der Waals surface area contributed by atoms with Crippen molar-refractivity contribution in [3.63, 3.8) is 0 Å². The van der Waals surface area contributed by atoms with E-state index in [-0.39, 0.29) is 36.7 Å². The molecule has 1 unspecified atom stereocenters. The largest absolute Gasteiger partial charge is 0.480 e.